The van der Waals surface area contributed by atoms with Gasteiger partial charge in [-0.15, -0.1) is 0 Å². The van der Waals surface area contributed by atoms with Gasteiger partial charge in [0.15, 0.2) is 0 Å². The number of aryl methyl sites for hydroxylation is 4. The molecule has 0 aliphatic rings. The van der Waals surface area contributed by atoms with Crippen molar-refractivity contribution in [3.8, 4) is 34.1 Å². The van der Waals surface area contributed by atoms with E-state index in [4.69, 9.17) is 14.8 Å². The number of ether oxygens (including phenoxy) is 1. The molecule has 0 radical (unpaired) electrons. The summed E-state index contributed by atoms with van der Waals surface area (Å²) in [5.74, 6) is 3.41. The summed E-state index contributed by atoms with van der Waals surface area (Å²) in [6, 6.07) is 30.7. The molecule has 3 aromatic heterocycles. The molecule has 5 nitrogen and oxygen atoms in total. The lowest BCUT2D eigenvalue weighted by Gasteiger charge is -2.17. The van der Waals surface area contributed by atoms with E-state index in [1.807, 2.05) is 6.20 Å². The number of hydrogen-bond acceptors (Lipinski definition) is 3. The van der Waals surface area contributed by atoms with Gasteiger partial charge >= 0.3 is 0 Å². The second kappa shape index (κ2) is 15.1. The van der Waals surface area contributed by atoms with E-state index in [1.165, 1.54) is 61.1 Å². The van der Waals surface area contributed by atoms with Crippen LogP contribution in [0.3, 0.4) is 0 Å². The van der Waals surface area contributed by atoms with Gasteiger partial charge in [0.2, 0.25) is 0 Å². The molecule has 0 atom stereocenters. The first-order valence-corrected chi connectivity index (χ1v) is 19.6. The van der Waals surface area contributed by atoms with Gasteiger partial charge in [-0.1, -0.05) is 90.3 Å². The Hall–Kier alpha value is -5.16. The summed E-state index contributed by atoms with van der Waals surface area (Å²) in [5.41, 5.74) is 14.8. The fourth-order valence-electron chi connectivity index (χ4n) is 8.16. The molecule has 7 rings (SSSR count). The molecule has 0 aliphatic heterocycles. The van der Waals surface area contributed by atoms with Gasteiger partial charge in [-0.05, 0) is 122 Å². The molecule has 4 aromatic carbocycles. The van der Waals surface area contributed by atoms with Crippen molar-refractivity contribution in [3.63, 3.8) is 0 Å². The van der Waals surface area contributed by atoms with E-state index in [0.29, 0.717) is 11.8 Å². The predicted molar refractivity (Wildman–Crippen MR) is 222 cm³/mol. The maximum Gasteiger partial charge on any atom is 0.137 e. The fraction of sp³-hybridized carbons (Fsp3) is 0.333. The van der Waals surface area contributed by atoms with E-state index >= 15 is 0 Å². The standard InChI is InChI=1S/C48H54N4O/c1-10-14-42-48(47-33(8)23-32(7)24-34(47)9)44(15-11-2)52(50-42)37-26-36(31(5)6)27-39(28-37)53-38-18-19-41-40-16-12-13-17-43(40)51(45(41)29-38)46-25-35(20-21-49-46)22-30(3)4/h12-13,16-21,23-31H,10-11,14-15,22H2,1-9H3. The number of para-hydroxylation sites is 1. The van der Waals surface area contributed by atoms with Crippen LogP contribution in [0.4, 0.5) is 0 Å². The predicted octanol–water partition coefficient (Wildman–Crippen LogP) is 13.0. The molecule has 0 fully saturated rings. The number of nitrogens with zero attached hydrogens (tertiary/aromatic N) is 4. The number of pyridine rings is 1. The van der Waals surface area contributed by atoms with Crippen molar-refractivity contribution >= 4 is 21.8 Å². The minimum absolute atomic E-state index is 0.313. The summed E-state index contributed by atoms with van der Waals surface area (Å²) in [6.45, 7) is 20.2. The van der Waals surface area contributed by atoms with Crippen LogP contribution in [-0.4, -0.2) is 19.3 Å². The Labute approximate surface area is 315 Å². The van der Waals surface area contributed by atoms with Gasteiger partial charge in [-0.25, -0.2) is 9.67 Å². The van der Waals surface area contributed by atoms with E-state index in [2.05, 4.69) is 156 Å². The zero-order valence-electron chi connectivity index (χ0n) is 33.0. The minimum atomic E-state index is 0.313. The van der Waals surface area contributed by atoms with E-state index in [-0.39, 0.29) is 0 Å². The molecule has 5 heteroatoms. The van der Waals surface area contributed by atoms with E-state index < -0.39 is 0 Å². The number of aromatic nitrogens is 4. The number of rotatable bonds is 12. The minimum Gasteiger partial charge on any atom is -0.457 e. The third-order valence-electron chi connectivity index (χ3n) is 10.3. The van der Waals surface area contributed by atoms with Crippen LogP contribution in [0, 0.1) is 26.7 Å². The molecular formula is C48H54N4O. The van der Waals surface area contributed by atoms with Crippen molar-refractivity contribution in [2.24, 2.45) is 5.92 Å². The number of hydrogen-bond donors (Lipinski definition) is 0. The Morgan fingerprint density at radius 1 is 0.698 bits per heavy atom. The highest BCUT2D eigenvalue weighted by atomic mass is 16.5. The van der Waals surface area contributed by atoms with Crippen LogP contribution < -0.4 is 4.74 Å². The van der Waals surface area contributed by atoms with Crippen LogP contribution in [0.25, 0.3) is 44.4 Å². The molecule has 0 saturated carbocycles. The van der Waals surface area contributed by atoms with Gasteiger partial charge in [0.1, 0.15) is 17.3 Å². The van der Waals surface area contributed by atoms with Crippen LogP contribution >= 0.6 is 0 Å². The van der Waals surface area contributed by atoms with Crippen molar-refractivity contribution in [3.05, 3.63) is 130 Å². The Kier molecular flexibility index (Phi) is 10.3. The summed E-state index contributed by atoms with van der Waals surface area (Å²) in [6.07, 6.45) is 6.89. The highest BCUT2D eigenvalue weighted by Gasteiger charge is 2.23. The second-order valence-corrected chi connectivity index (χ2v) is 15.6. The van der Waals surface area contributed by atoms with Gasteiger partial charge in [0, 0.05) is 34.7 Å². The summed E-state index contributed by atoms with van der Waals surface area (Å²) in [4.78, 5) is 4.87. The molecule has 0 amide bonds. The van der Waals surface area contributed by atoms with Crippen molar-refractivity contribution in [1.29, 1.82) is 0 Å². The molecule has 0 spiro atoms. The van der Waals surface area contributed by atoms with Gasteiger partial charge in [-0.2, -0.15) is 5.10 Å². The van der Waals surface area contributed by atoms with Crippen molar-refractivity contribution in [1.82, 2.24) is 19.3 Å². The highest BCUT2D eigenvalue weighted by Crippen LogP contribution is 2.39. The zero-order valence-corrected chi connectivity index (χ0v) is 33.0. The molecule has 0 bridgehead atoms. The van der Waals surface area contributed by atoms with Gasteiger partial charge in [0.25, 0.3) is 0 Å². The van der Waals surface area contributed by atoms with Crippen LogP contribution in [0.5, 0.6) is 11.5 Å². The molecule has 7 aromatic rings. The topological polar surface area (TPSA) is 44.9 Å². The molecule has 0 saturated heterocycles. The quantitative estimate of drug-likeness (QED) is 0.127. The summed E-state index contributed by atoms with van der Waals surface area (Å²) >= 11 is 0. The van der Waals surface area contributed by atoms with Gasteiger partial charge in [0.05, 0.1) is 28.1 Å². The van der Waals surface area contributed by atoms with Crippen molar-refractivity contribution in [2.45, 2.75) is 100 Å². The summed E-state index contributed by atoms with van der Waals surface area (Å²) in [5, 5.41) is 7.79. The summed E-state index contributed by atoms with van der Waals surface area (Å²) in [7, 11) is 0. The smallest absolute Gasteiger partial charge is 0.137 e. The van der Waals surface area contributed by atoms with Crippen LogP contribution in [0.2, 0.25) is 0 Å². The Balaban J connectivity index is 1.36. The first-order valence-electron chi connectivity index (χ1n) is 19.6. The third kappa shape index (κ3) is 7.14. The maximum atomic E-state index is 6.85. The fourth-order valence-corrected chi connectivity index (χ4v) is 8.16. The first kappa shape index (κ1) is 36.2. The third-order valence-corrected chi connectivity index (χ3v) is 10.3. The van der Waals surface area contributed by atoms with Gasteiger partial charge in [-0.3, -0.25) is 4.57 Å². The highest BCUT2D eigenvalue weighted by molar-refractivity contribution is 6.09. The van der Waals surface area contributed by atoms with Gasteiger partial charge < -0.3 is 4.74 Å². The van der Waals surface area contributed by atoms with Crippen LogP contribution in [0.15, 0.2) is 91.1 Å². The lowest BCUT2D eigenvalue weighted by Crippen LogP contribution is -2.05. The first-order chi connectivity index (χ1) is 25.6. The summed E-state index contributed by atoms with van der Waals surface area (Å²) < 4.78 is 11.4. The average molecular weight is 703 g/mol. The van der Waals surface area contributed by atoms with E-state index in [1.54, 1.807) is 0 Å². The SMILES string of the molecule is CCCc1nn(-c2cc(Oc3ccc4c5ccccc5n(-c5cc(CC(C)C)ccn5)c4c3)cc(C(C)C)c2)c(CCC)c1-c1c(C)cc(C)cc1C. The maximum absolute atomic E-state index is 6.85. The molecular weight excluding hydrogens is 649 g/mol. The van der Waals surface area contributed by atoms with Crippen molar-refractivity contribution < 1.29 is 4.74 Å². The Morgan fingerprint density at radius 3 is 2.15 bits per heavy atom. The average Bonchev–Trinajstić information content (AvgIpc) is 3.63. The Morgan fingerprint density at radius 2 is 1.43 bits per heavy atom. The number of fused-ring (bicyclic) bond motifs is 3. The van der Waals surface area contributed by atoms with Crippen molar-refractivity contribution in [2.75, 3.05) is 0 Å². The molecule has 272 valence electrons. The number of benzene rings is 4. The molecule has 53 heavy (non-hydrogen) atoms. The van der Waals surface area contributed by atoms with E-state index in [0.717, 1.165) is 66.1 Å². The largest absolute Gasteiger partial charge is 0.457 e. The lowest BCUT2D eigenvalue weighted by atomic mass is 9.90. The van der Waals surface area contributed by atoms with Crippen LogP contribution in [0.1, 0.15) is 99.5 Å². The van der Waals surface area contributed by atoms with E-state index in [9.17, 15) is 0 Å². The molecule has 3 heterocycles. The Bertz CT molecular complexity index is 2400. The molecule has 0 unspecified atom stereocenters. The second-order valence-electron chi connectivity index (χ2n) is 15.6. The molecule has 0 N–H and O–H groups in total. The molecule has 0 aliphatic carbocycles. The lowest BCUT2D eigenvalue weighted by molar-refractivity contribution is 0.481. The zero-order chi connectivity index (χ0) is 37.4. The van der Waals surface area contributed by atoms with Crippen LogP contribution in [-0.2, 0) is 19.3 Å². The monoisotopic (exact) mass is 702 g/mol. The normalized spacial score (nSPS) is 11.8.